The van der Waals surface area contributed by atoms with E-state index in [1.165, 1.54) is 11.1 Å². The summed E-state index contributed by atoms with van der Waals surface area (Å²) in [4.78, 5) is 7.13. The Balaban J connectivity index is 1.64. The first kappa shape index (κ1) is 17.0. The number of rotatable bonds is 4. The maximum Gasteiger partial charge on any atom is 0.157 e. The second kappa shape index (κ2) is 7.05. The van der Waals surface area contributed by atoms with Crippen molar-refractivity contribution in [3.8, 4) is 5.75 Å². The van der Waals surface area contributed by atoms with Gasteiger partial charge in [0.2, 0.25) is 0 Å². The smallest absolute Gasteiger partial charge is 0.157 e. The number of aromatic nitrogens is 3. The summed E-state index contributed by atoms with van der Waals surface area (Å²) in [7, 11) is 3.68. The molecule has 1 N–H and O–H groups in total. The molecule has 0 bridgehead atoms. The molecular formula is C20H25N5O. The number of fused-ring (bicyclic) bond motifs is 1. The van der Waals surface area contributed by atoms with Gasteiger partial charge in [-0.3, -0.25) is 9.58 Å². The van der Waals surface area contributed by atoms with Crippen molar-refractivity contribution in [1.82, 2.24) is 25.0 Å². The van der Waals surface area contributed by atoms with Gasteiger partial charge in [0.1, 0.15) is 5.75 Å². The second-order valence-electron chi connectivity index (χ2n) is 6.86. The van der Waals surface area contributed by atoms with Gasteiger partial charge in [0.25, 0.3) is 0 Å². The molecule has 1 aliphatic heterocycles. The van der Waals surface area contributed by atoms with Crippen molar-refractivity contribution in [1.29, 1.82) is 0 Å². The highest BCUT2D eigenvalue weighted by atomic mass is 16.5. The Morgan fingerprint density at radius 1 is 1.31 bits per heavy atom. The van der Waals surface area contributed by atoms with Gasteiger partial charge < -0.3 is 10.1 Å². The molecule has 136 valence electrons. The maximum absolute atomic E-state index is 5.60. The van der Waals surface area contributed by atoms with Crippen LogP contribution in [0.2, 0.25) is 0 Å². The summed E-state index contributed by atoms with van der Waals surface area (Å²) in [6.07, 6.45) is 1.98. The summed E-state index contributed by atoms with van der Waals surface area (Å²) in [6.45, 7) is 5.81. The van der Waals surface area contributed by atoms with Crippen LogP contribution in [0.3, 0.4) is 0 Å². The fourth-order valence-electron chi connectivity index (χ4n) is 3.86. The predicted octanol–water partition coefficient (Wildman–Crippen LogP) is 2.43. The van der Waals surface area contributed by atoms with Crippen LogP contribution in [0.4, 0.5) is 0 Å². The Hall–Kier alpha value is -2.44. The summed E-state index contributed by atoms with van der Waals surface area (Å²) in [5.41, 5.74) is 4.41. The van der Waals surface area contributed by atoms with Crippen LogP contribution < -0.4 is 10.1 Å². The molecule has 4 rings (SSSR count). The average molecular weight is 351 g/mol. The zero-order valence-electron chi connectivity index (χ0n) is 15.6. The molecule has 1 aromatic carbocycles. The fourth-order valence-corrected chi connectivity index (χ4v) is 3.86. The third-order valence-corrected chi connectivity index (χ3v) is 5.16. The molecule has 0 aliphatic carbocycles. The van der Waals surface area contributed by atoms with Gasteiger partial charge in [-0.05, 0) is 24.6 Å². The van der Waals surface area contributed by atoms with Crippen molar-refractivity contribution in [3.05, 3.63) is 53.3 Å². The zero-order chi connectivity index (χ0) is 18.1. The van der Waals surface area contributed by atoms with E-state index in [2.05, 4.69) is 38.5 Å². The third-order valence-electron chi connectivity index (χ3n) is 5.16. The van der Waals surface area contributed by atoms with E-state index in [9.17, 15) is 0 Å². The van der Waals surface area contributed by atoms with Crippen LogP contribution in [-0.4, -0.2) is 46.4 Å². The van der Waals surface area contributed by atoms with E-state index < -0.39 is 0 Å². The lowest BCUT2D eigenvalue weighted by Gasteiger charge is -2.37. The molecular weight excluding hydrogens is 326 g/mol. The van der Waals surface area contributed by atoms with E-state index in [0.717, 1.165) is 48.7 Å². The van der Waals surface area contributed by atoms with Gasteiger partial charge >= 0.3 is 0 Å². The van der Waals surface area contributed by atoms with Crippen molar-refractivity contribution >= 4 is 11.0 Å². The van der Waals surface area contributed by atoms with Crippen molar-refractivity contribution in [2.24, 2.45) is 7.05 Å². The Bertz CT molecular complexity index is 920. The minimum atomic E-state index is 0.283. The number of ether oxygens (including phenoxy) is 1. The molecule has 1 fully saturated rings. The lowest BCUT2D eigenvalue weighted by molar-refractivity contribution is 0.151. The lowest BCUT2D eigenvalue weighted by atomic mass is 10.0. The summed E-state index contributed by atoms with van der Waals surface area (Å²) in [6, 6.07) is 10.8. The first-order valence-electron chi connectivity index (χ1n) is 9.03. The second-order valence-corrected chi connectivity index (χ2v) is 6.86. The van der Waals surface area contributed by atoms with Crippen molar-refractivity contribution < 1.29 is 4.74 Å². The zero-order valence-corrected chi connectivity index (χ0v) is 15.6. The summed E-state index contributed by atoms with van der Waals surface area (Å²) in [5, 5.41) is 9.13. The Labute approximate surface area is 153 Å². The molecule has 0 amide bonds. The van der Waals surface area contributed by atoms with Crippen LogP contribution in [-0.2, 0) is 13.6 Å². The van der Waals surface area contributed by atoms with Crippen molar-refractivity contribution in [2.75, 3.05) is 26.7 Å². The normalized spacial score (nSPS) is 18.3. The molecule has 2 aromatic heterocycles. The quantitative estimate of drug-likeness (QED) is 0.782. The Kier molecular flexibility index (Phi) is 4.61. The van der Waals surface area contributed by atoms with Crippen LogP contribution in [0.15, 0.2) is 36.5 Å². The molecule has 1 unspecified atom stereocenters. The first-order chi connectivity index (χ1) is 12.7. The Morgan fingerprint density at radius 2 is 2.15 bits per heavy atom. The third kappa shape index (κ3) is 3.06. The molecule has 6 nitrogen and oxygen atoms in total. The highest BCUT2D eigenvalue weighted by Crippen LogP contribution is 2.31. The highest BCUT2D eigenvalue weighted by Gasteiger charge is 2.26. The van der Waals surface area contributed by atoms with Crippen LogP contribution >= 0.6 is 0 Å². The topological polar surface area (TPSA) is 55.2 Å². The van der Waals surface area contributed by atoms with Crippen LogP contribution in [0, 0.1) is 6.92 Å². The number of benzene rings is 1. The lowest BCUT2D eigenvalue weighted by Crippen LogP contribution is -2.45. The molecule has 1 saturated heterocycles. The molecule has 0 saturated carbocycles. The standard InChI is InChI=1S/C20H25N5O/c1-14-17-10-15(11-22-20(17)24(2)23-14)13-25-9-8-21-12-18(25)16-6-4-5-7-19(16)26-3/h4-7,10-11,18,21H,8-9,12-13H2,1-3H3. The van der Waals surface area contributed by atoms with Gasteiger partial charge in [0.05, 0.1) is 18.8 Å². The SMILES string of the molecule is COc1ccccc1C1CNCCN1Cc1cnc2c(c1)c(C)nn2C. The minimum Gasteiger partial charge on any atom is -0.496 e. The number of aryl methyl sites for hydroxylation is 2. The van der Waals surface area contributed by atoms with Crippen molar-refractivity contribution in [2.45, 2.75) is 19.5 Å². The van der Waals surface area contributed by atoms with E-state index in [4.69, 9.17) is 4.74 Å². The number of methoxy groups -OCH3 is 1. The molecule has 3 heterocycles. The molecule has 1 aliphatic rings. The predicted molar refractivity (Wildman–Crippen MR) is 102 cm³/mol. The maximum atomic E-state index is 5.60. The van der Waals surface area contributed by atoms with Gasteiger partial charge in [-0.15, -0.1) is 0 Å². The molecule has 1 atom stereocenters. The molecule has 0 radical (unpaired) electrons. The number of hydrogen-bond acceptors (Lipinski definition) is 5. The van der Waals surface area contributed by atoms with Crippen LogP contribution in [0.25, 0.3) is 11.0 Å². The van der Waals surface area contributed by atoms with Gasteiger partial charge in [-0.25, -0.2) is 4.98 Å². The van der Waals surface area contributed by atoms with Crippen LogP contribution in [0.5, 0.6) is 5.75 Å². The van der Waals surface area contributed by atoms with E-state index in [0.29, 0.717) is 0 Å². The number of nitrogens with zero attached hydrogens (tertiary/aromatic N) is 4. The van der Waals surface area contributed by atoms with Gasteiger partial charge in [-0.2, -0.15) is 5.10 Å². The van der Waals surface area contributed by atoms with E-state index >= 15 is 0 Å². The largest absolute Gasteiger partial charge is 0.496 e. The van der Waals surface area contributed by atoms with E-state index in [1.54, 1.807) is 7.11 Å². The minimum absolute atomic E-state index is 0.283. The van der Waals surface area contributed by atoms with Crippen LogP contribution in [0.1, 0.15) is 22.9 Å². The number of piperazine rings is 1. The van der Waals surface area contributed by atoms with Gasteiger partial charge in [0, 0.05) is 50.4 Å². The molecule has 26 heavy (non-hydrogen) atoms. The molecule has 3 aromatic rings. The fraction of sp³-hybridized carbons (Fsp3) is 0.400. The number of nitrogens with one attached hydrogen (secondary N) is 1. The summed E-state index contributed by atoms with van der Waals surface area (Å²) >= 11 is 0. The summed E-state index contributed by atoms with van der Waals surface area (Å²) in [5.74, 6) is 0.947. The van der Waals surface area contributed by atoms with Gasteiger partial charge in [0.15, 0.2) is 5.65 Å². The first-order valence-corrected chi connectivity index (χ1v) is 9.03. The highest BCUT2D eigenvalue weighted by molar-refractivity contribution is 5.78. The Morgan fingerprint density at radius 3 is 3.00 bits per heavy atom. The van der Waals surface area contributed by atoms with Gasteiger partial charge in [-0.1, -0.05) is 18.2 Å². The number of para-hydroxylation sites is 1. The van der Waals surface area contributed by atoms with E-state index in [1.807, 2.05) is 37.0 Å². The van der Waals surface area contributed by atoms with Crippen molar-refractivity contribution in [3.63, 3.8) is 0 Å². The molecule has 0 spiro atoms. The number of pyridine rings is 1. The molecule has 6 heteroatoms. The summed E-state index contributed by atoms with van der Waals surface area (Å²) < 4.78 is 7.44. The average Bonchev–Trinajstić information content (AvgIpc) is 2.96. The number of hydrogen-bond donors (Lipinski definition) is 1. The van der Waals surface area contributed by atoms with E-state index in [-0.39, 0.29) is 6.04 Å². The monoisotopic (exact) mass is 351 g/mol.